The molecule has 1 N–H and O–H groups in total. The number of benzene rings is 1. The van der Waals surface area contributed by atoms with Crippen molar-refractivity contribution < 1.29 is 23.9 Å². The third-order valence-corrected chi connectivity index (χ3v) is 7.19. The Morgan fingerprint density at radius 2 is 1.52 bits per heavy atom. The molecule has 5 aliphatic rings. The molecule has 7 atom stereocenters. The number of amides is 3. The van der Waals surface area contributed by atoms with Crippen molar-refractivity contribution in [2.45, 2.75) is 39.3 Å². The first-order valence-corrected chi connectivity index (χ1v) is 10.9. The van der Waals surface area contributed by atoms with E-state index < -0.39 is 17.9 Å². The van der Waals surface area contributed by atoms with Crippen LogP contribution in [0.25, 0.3) is 0 Å². The lowest BCUT2D eigenvalue weighted by Gasteiger charge is -2.37. The van der Waals surface area contributed by atoms with Crippen LogP contribution >= 0.6 is 0 Å². The molecule has 3 fully saturated rings. The Hall–Kier alpha value is -2.96. The average molecular weight is 422 g/mol. The Morgan fingerprint density at radius 3 is 2.03 bits per heavy atom. The largest absolute Gasteiger partial charge is 0.459 e. The molecule has 1 heterocycles. The molecule has 1 aromatic carbocycles. The van der Waals surface area contributed by atoms with E-state index in [1.165, 1.54) is 4.90 Å². The number of carbonyl (C=O) groups is 4. The van der Waals surface area contributed by atoms with Crippen LogP contribution in [0.2, 0.25) is 0 Å². The van der Waals surface area contributed by atoms with Crippen molar-refractivity contribution in [3.63, 3.8) is 0 Å². The van der Waals surface area contributed by atoms with Gasteiger partial charge in [-0.25, -0.2) is 4.79 Å². The van der Waals surface area contributed by atoms with Crippen molar-refractivity contribution in [3.05, 3.63) is 42.0 Å². The summed E-state index contributed by atoms with van der Waals surface area (Å²) in [4.78, 5) is 52.3. The zero-order valence-corrected chi connectivity index (χ0v) is 17.8. The molecular formula is C24H26N2O5. The van der Waals surface area contributed by atoms with Gasteiger partial charge in [-0.3, -0.25) is 19.3 Å². The van der Waals surface area contributed by atoms with Gasteiger partial charge in [-0.1, -0.05) is 12.2 Å². The number of ether oxygens (including phenoxy) is 1. The summed E-state index contributed by atoms with van der Waals surface area (Å²) < 4.78 is 5.15. The van der Waals surface area contributed by atoms with Crippen LogP contribution in [0.1, 0.15) is 37.6 Å². The molecule has 0 aromatic heterocycles. The van der Waals surface area contributed by atoms with Gasteiger partial charge in [0.1, 0.15) is 6.04 Å². The summed E-state index contributed by atoms with van der Waals surface area (Å²) in [6, 6.07) is 5.45. The van der Waals surface area contributed by atoms with E-state index in [1.54, 1.807) is 45.0 Å². The highest BCUT2D eigenvalue weighted by molar-refractivity contribution is 6.10. The summed E-state index contributed by atoms with van der Waals surface area (Å²) in [5.41, 5.74) is 0.868. The van der Waals surface area contributed by atoms with E-state index in [2.05, 4.69) is 17.5 Å². The molecule has 6 rings (SSSR count). The quantitative estimate of drug-likeness (QED) is 0.447. The number of nitrogens with one attached hydrogen (secondary N) is 1. The van der Waals surface area contributed by atoms with Gasteiger partial charge >= 0.3 is 5.97 Å². The molecule has 1 aromatic rings. The summed E-state index contributed by atoms with van der Waals surface area (Å²) in [5.74, 6) is -0.592. The van der Waals surface area contributed by atoms with Crippen molar-refractivity contribution in [1.82, 2.24) is 4.90 Å². The van der Waals surface area contributed by atoms with E-state index >= 15 is 0 Å². The Kier molecular flexibility index (Phi) is 4.53. The molecule has 0 radical (unpaired) electrons. The number of esters is 1. The van der Waals surface area contributed by atoms with E-state index in [0.717, 1.165) is 6.42 Å². The number of carbonyl (C=O) groups excluding carboxylic acids is 4. The Balaban J connectivity index is 1.27. The van der Waals surface area contributed by atoms with Gasteiger partial charge in [0, 0.05) is 5.69 Å². The lowest BCUT2D eigenvalue weighted by atomic mass is 9.63. The maximum atomic E-state index is 13.1. The number of imide groups is 1. The summed E-state index contributed by atoms with van der Waals surface area (Å²) >= 11 is 0. The number of nitrogens with zero attached hydrogens (tertiary/aromatic N) is 1. The van der Waals surface area contributed by atoms with Gasteiger partial charge in [-0.15, -0.1) is 0 Å². The number of rotatable bonds is 5. The van der Waals surface area contributed by atoms with Gasteiger partial charge in [0.05, 0.1) is 23.5 Å². The second kappa shape index (κ2) is 7.04. The first kappa shape index (κ1) is 20.0. The molecule has 1 saturated heterocycles. The average Bonchev–Trinajstić information content (AvgIpc) is 3.51. The minimum Gasteiger partial charge on any atom is -0.459 e. The number of anilines is 1. The molecular weight excluding hydrogens is 396 g/mol. The highest BCUT2D eigenvalue weighted by Crippen LogP contribution is 2.65. The Labute approximate surface area is 180 Å². The standard InChI is InChI=1S/C24H26N2O5/c1-11(2)31-24(30)13-4-6-14(7-5-13)25-21(27)12(3)26-22(28)19-15-8-9-16(18-10-17(15)18)20(19)23(26)29/h4-9,11-12,15-20H,10H2,1-3H3,(H,25,27)/t12-,15+,16+,17+,18+,19-,20-/m0/s1. The van der Waals surface area contributed by atoms with Crippen LogP contribution in [0.3, 0.4) is 0 Å². The predicted octanol–water partition coefficient (Wildman–Crippen LogP) is 2.63. The highest BCUT2D eigenvalue weighted by Gasteiger charge is 2.67. The first-order chi connectivity index (χ1) is 14.8. The van der Waals surface area contributed by atoms with E-state index in [9.17, 15) is 19.2 Å². The number of hydrogen-bond donors (Lipinski definition) is 1. The zero-order valence-electron chi connectivity index (χ0n) is 17.8. The smallest absolute Gasteiger partial charge is 0.338 e. The monoisotopic (exact) mass is 422 g/mol. The van der Waals surface area contributed by atoms with Crippen molar-refractivity contribution >= 4 is 29.4 Å². The van der Waals surface area contributed by atoms with E-state index in [-0.39, 0.29) is 41.6 Å². The fraction of sp³-hybridized carbons (Fsp3) is 0.500. The summed E-state index contributed by atoms with van der Waals surface area (Å²) in [5, 5.41) is 2.75. The minimum atomic E-state index is -0.896. The Bertz CT molecular complexity index is 962. The Morgan fingerprint density at radius 1 is 0.968 bits per heavy atom. The number of hydrogen-bond acceptors (Lipinski definition) is 5. The molecule has 0 unspecified atom stereocenters. The van der Waals surface area contributed by atoms with Gasteiger partial charge in [0.2, 0.25) is 17.7 Å². The first-order valence-electron chi connectivity index (χ1n) is 10.9. The number of allylic oxidation sites excluding steroid dienone is 2. The normalized spacial score (nSPS) is 33.2. The van der Waals surface area contributed by atoms with Gasteiger partial charge < -0.3 is 10.1 Å². The summed E-state index contributed by atoms with van der Waals surface area (Å²) in [7, 11) is 0. The molecule has 162 valence electrons. The van der Waals surface area contributed by atoms with Gasteiger partial charge in [0.15, 0.2) is 0 Å². The maximum absolute atomic E-state index is 13.1. The third-order valence-electron chi connectivity index (χ3n) is 7.19. The van der Waals surface area contributed by atoms with Crippen molar-refractivity contribution in [2.24, 2.45) is 35.5 Å². The van der Waals surface area contributed by atoms with Crippen LogP contribution in [0.15, 0.2) is 36.4 Å². The van der Waals surface area contributed by atoms with Crippen LogP contribution < -0.4 is 5.32 Å². The molecule has 0 spiro atoms. The van der Waals surface area contributed by atoms with Crippen LogP contribution in [0, 0.1) is 35.5 Å². The molecule has 31 heavy (non-hydrogen) atoms. The molecule has 4 aliphatic carbocycles. The van der Waals surface area contributed by atoms with Gasteiger partial charge in [0.25, 0.3) is 0 Å². The van der Waals surface area contributed by atoms with E-state index in [1.807, 2.05) is 0 Å². The van der Waals surface area contributed by atoms with E-state index in [0.29, 0.717) is 23.1 Å². The molecule has 7 heteroatoms. The molecule has 2 saturated carbocycles. The fourth-order valence-electron chi connectivity index (χ4n) is 5.70. The van der Waals surface area contributed by atoms with Crippen LogP contribution in [-0.4, -0.2) is 40.7 Å². The maximum Gasteiger partial charge on any atom is 0.338 e. The van der Waals surface area contributed by atoms with Crippen molar-refractivity contribution in [2.75, 3.05) is 5.32 Å². The second-order valence-electron chi connectivity index (χ2n) is 9.40. The van der Waals surface area contributed by atoms with Crippen LogP contribution in [0.5, 0.6) is 0 Å². The fourth-order valence-corrected chi connectivity index (χ4v) is 5.70. The van der Waals surface area contributed by atoms with Gasteiger partial charge in [-0.2, -0.15) is 0 Å². The number of likely N-dealkylation sites (tertiary alicyclic amines) is 1. The third kappa shape index (κ3) is 3.09. The summed E-state index contributed by atoms with van der Waals surface area (Å²) in [6.07, 6.45) is 5.12. The van der Waals surface area contributed by atoms with Crippen LogP contribution in [-0.2, 0) is 19.1 Å². The lowest BCUT2D eigenvalue weighted by Crippen LogP contribution is -2.46. The molecule has 7 nitrogen and oxygen atoms in total. The SMILES string of the molecule is CC(C)OC(=O)c1ccc(NC(=O)[C@H](C)N2C(=O)[C@H]3[C@@H]4C=C[C@H]([C@H]5C[C@H]45)[C@@H]3C2=O)cc1. The van der Waals surface area contributed by atoms with Crippen molar-refractivity contribution in [3.8, 4) is 0 Å². The second-order valence-corrected chi connectivity index (χ2v) is 9.40. The van der Waals surface area contributed by atoms with Gasteiger partial charge in [-0.05, 0) is 75.1 Å². The van der Waals surface area contributed by atoms with E-state index in [4.69, 9.17) is 4.74 Å². The highest BCUT2D eigenvalue weighted by atomic mass is 16.5. The van der Waals surface area contributed by atoms with Crippen molar-refractivity contribution in [1.29, 1.82) is 0 Å². The topological polar surface area (TPSA) is 92.8 Å². The van der Waals surface area contributed by atoms with Crippen LogP contribution in [0.4, 0.5) is 5.69 Å². The molecule has 1 aliphatic heterocycles. The predicted molar refractivity (Wildman–Crippen MR) is 112 cm³/mol. The lowest BCUT2D eigenvalue weighted by molar-refractivity contribution is -0.146. The molecule has 3 amide bonds. The minimum absolute atomic E-state index is 0.134. The zero-order chi connectivity index (χ0) is 22.0. The molecule has 2 bridgehead atoms. The summed E-state index contributed by atoms with van der Waals surface area (Å²) in [6.45, 7) is 5.14.